The maximum atomic E-state index is 13.3. The number of amides is 2. The Balaban J connectivity index is 2.19. The van der Waals surface area contributed by atoms with Crippen molar-refractivity contribution in [2.24, 2.45) is 5.41 Å². The van der Waals surface area contributed by atoms with Gasteiger partial charge in [0.15, 0.2) is 0 Å². The first kappa shape index (κ1) is 23.1. The van der Waals surface area contributed by atoms with Crippen LogP contribution in [0.15, 0.2) is 42.5 Å². The smallest absolute Gasteiger partial charge is 0.242 e. The van der Waals surface area contributed by atoms with Crippen molar-refractivity contribution in [2.45, 2.75) is 40.8 Å². The molecule has 0 spiro atoms. The van der Waals surface area contributed by atoms with Gasteiger partial charge in [-0.2, -0.15) is 0 Å². The summed E-state index contributed by atoms with van der Waals surface area (Å²) in [5, 5.41) is 0. The lowest BCUT2D eigenvalue weighted by Gasteiger charge is -2.31. The van der Waals surface area contributed by atoms with E-state index in [1.54, 1.807) is 23.3 Å². The van der Waals surface area contributed by atoms with Gasteiger partial charge in [0.1, 0.15) is 0 Å². The van der Waals surface area contributed by atoms with E-state index in [1.165, 1.54) is 4.88 Å². The van der Waals surface area contributed by atoms with Crippen molar-refractivity contribution >= 4 is 23.2 Å². The molecule has 0 radical (unpaired) electrons. The number of nitrogens with zero attached hydrogens (tertiary/aromatic N) is 2. The number of hydrogen-bond donors (Lipinski definition) is 0. The first-order chi connectivity index (χ1) is 13.7. The highest BCUT2D eigenvalue weighted by Gasteiger charge is 2.29. The van der Waals surface area contributed by atoms with Crippen molar-refractivity contribution in [1.29, 1.82) is 0 Å². The topological polar surface area (TPSA) is 49.9 Å². The summed E-state index contributed by atoms with van der Waals surface area (Å²) in [6, 6.07) is 14.1. The van der Waals surface area contributed by atoms with Gasteiger partial charge in [-0.05, 0) is 24.6 Å². The summed E-state index contributed by atoms with van der Waals surface area (Å²) in [6.45, 7) is 9.57. The Hall–Kier alpha value is -2.18. The third kappa shape index (κ3) is 7.29. The minimum atomic E-state index is -0.552. The molecule has 1 aromatic heterocycles. The molecule has 5 nitrogen and oxygen atoms in total. The van der Waals surface area contributed by atoms with Gasteiger partial charge in [0.25, 0.3) is 0 Å². The molecular weight excluding hydrogens is 384 g/mol. The summed E-state index contributed by atoms with van der Waals surface area (Å²) >= 11 is 1.69. The van der Waals surface area contributed by atoms with Crippen molar-refractivity contribution < 1.29 is 14.3 Å². The molecule has 0 bridgehead atoms. The van der Waals surface area contributed by atoms with Gasteiger partial charge in [0.2, 0.25) is 11.8 Å². The Morgan fingerprint density at radius 1 is 1.00 bits per heavy atom. The zero-order chi connectivity index (χ0) is 21.4. The van der Waals surface area contributed by atoms with Gasteiger partial charge >= 0.3 is 0 Å². The molecule has 0 fully saturated rings. The normalized spacial score (nSPS) is 11.3. The fourth-order valence-corrected chi connectivity index (χ4v) is 3.89. The Labute approximate surface area is 178 Å². The number of ether oxygens (including phenoxy) is 1. The Bertz CT molecular complexity index is 796. The largest absolute Gasteiger partial charge is 0.383 e. The second-order valence-electron chi connectivity index (χ2n) is 8.22. The summed E-state index contributed by atoms with van der Waals surface area (Å²) in [4.78, 5) is 31.9. The van der Waals surface area contributed by atoms with Gasteiger partial charge in [0, 0.05) is 35.4 Å². The molecule has 0 aliphatic carbocycles. The predicted octanol–water partition coefficient (Wildman–Crippen LogP) is 4.11. The number of carbonyl (C=O) groups is 2. The minimum absolute atomic E-state index is 0.0467. The molecule has 0 aliphatic rings. The fourth-order valence-electron chi connectivity index (χ4n) is 2.99. The van der Waals surface area contributed by atoms with Crippen LogP contribution >= 0.6 is 11.3 Å². The number of thiophene rings is 1. The second kappa shape index (κ2) is 10.6. The van der Waals surface area contributed by atoms with Crippen LogP contribution in [0.4, 0.5) is 0 Å². The molecule has 2 amide bonds. The molecule has 0 atom stereocenters. The number of aryl methyl sites for hydroxylation is 1. The van der Waals surface area contributed by atoms with E-state index in [4.69, 9.17) is 4.74 Å². The van der Waals surface area contributed by atoms with Gasteiger partial charge in [-0.25, -0.2) is 0 Å². The monoisotopic (exact) mass is 416 g/mol. The lowest BCUT2D eigenvalue weighted by Crippen LogP contribution is -2.47. The summed E-state index contributed by atoms with van der Waals surface area (Å²) in [5.41, 5.74) is 0.517. The van der Waals surface area contributed by atoms with Crippen LogP contribution in [0.25, 0.3) is 0 Å². The van der Waals surface area contributed by atoms with E-state index < -0.39 is 5.41 Å². The molecule has 0 aliphatic heterocycles. The predicted molar refractivity (Wildman–Crippen MR) is 118 cm³/mol. The summed E-state index contributed by atoms with van der Waals surface area (Å²) in [5.74, 6) is -0.108. The van der Waals surface area contributed by atoms with E-state index in [0.29, 0.717) is 26.2 Å². The molecular formula is C23H32N2O3S. The molecule has 0 saturated carbocycles. The molecule has 1 aromatic carbocycles. The number of benzene rings is 1. The molecule has 2 rings (SSSR count). The van der Waals surface area contributed by atoms with E-state index >= 15 is 0 Å². The summed E-state index contributed by atoms with van der Waals surface area (Å²) < 4.78 is 5.15. The third-order valence-corrected chi connectivity index (χ3v) is 5.52. The van der Waals surface area contributed by atoms with Gasteiger partial charge in [0.05, 0.1) is 19.7 Å². The Morgan fingerprint density at radius 3 is 2.24 bits per heavy atom. The standard InChI is InChI=1S/C23H32N2O3S/c1-18-11-12-20(29-18)16-25(15-19-9-7-6-8-10-19)21(26)17-24(13-14-28-5)22(27)23(2,3)4/h6-12H,13-17H2,1-5H3. The number of methoxy groups -OCH3 is 1. The summed E-state index contributed by atoms with van der Waals surface area (Å²) in [7, 11) is 1.60. The number of hydrogen-bond acceptors (Lipinski definition) is 4. The summed E-state index contributed by atoms with van der Waals surface area (Å²) in [6.07, 6.45) is 0. The third-order valence-electron chi connectivity index (χ3n) is 4.53. The van der Waals surface area contributed by atoms with Crippen molar-refractivity contribution in [1.82, 2.24) is 9.80 Å². The van der Waals surface area contributed by atoms with E-state index in [9.17, 15) is 9.59 Å². The van der Waals surface area contributed by atoms with Crippen LogP contribution in [0.2, 0.25) is 0 Å². The van der Waals surface area contributed by atoms with Gasteiger partial charge in [-0.1, -0.05) is 51.1 Å². The zero-order valence-corrected chi connectivity index (χ0v) is 18.9. The van der Waals surface area contributed by atoms with Crippen LogP contribution in [-0.4, -0.2) is 48.4 Å². The maximum Gasteiger partial charge on any atom is 0.242 e. The van der Waals surface area contributed by atoms with Crippen molar-refractivity contribution in [2.75, 3.05) is 26.8 Å². The van der Waals surface area contributed by atoms with Crippen LogP contribution < -0.4 is 0 Å². The average Bonchev–Trinajstić information content (AvgIpc) is 3.08. The zero-order valence-electron chi connectivity index (χ0n) is 18.1. The van der Waals surface area contributed by atoms with Gasteiger partial charge in [-0.15, -0.1) is 11.3 Å². The maximum absolute atomic E-state index is 13.3. The van der Waals surface area contributed by atoms with Crippen molar-refractivity contribution in [3.8, 4) is 0 Å². The Kier molecular flexibility index (Phi) is 8.41. The van der Waals surface area contributed by atoms with Crippen LogP contribution in [0.5, 0.6) is 0 Å². The van der Waals surface area contributed by atoms with Crippen molar-refractivity contribution in [3.63, 3.8) is 0 Å². The van der Waals surface area contributed by atoms with Crippen LogP contribution in [0.3, 0.4) is 0 Å². The van der Waals surface area contributed by atoms with Crippen molar-refractivity contribution in [3.05, 3.63) is 57.8 Å². The lowest BCUT2D eigenvalue weighted by atomic mass is 9.94. The van der Waals surface area contributed by atoms with Crippen LogP contribution in [-0.2, 0) is 27.4 Å². The van der Waals surface area contributed by atoms with Crippen LogP contribution in [0.1, 0.15) is 36.1 Å². The molecule has 0 saturated heterocycles. The SMILES string of the molecule is COCCN(CC(=O)N(Cc1ccccc1)Cc1ccc(C)s1)C(=O)C(C)(C)C. The fraction of sp³-hybridized carbons (Fsp3) is 0.478. The molecule has 29 heavy (non-hydrogen) atoms. The molecule has 0 unspecified atom stereocenters. The highest BCUT2D eigenvalue weighted by molar-refractivity contribution is 7.11. The second-order valence-corrected chi connectivity index (χ2v) is 9.59. The van der Waals surface area contributed by atoms with E-state index in [1.807, 2.05) is 56.0 Å². The average molecular weight is 417 g/mol. The first-order valence-corrected chi connectivity index (χ1v) is 10.7. The molecule has 0 N–H and O–H groups in total. The first-order valence-electron chi connectivity index (χ1n) is 9.86. The highest BCUT2D eigenvalue weighted by atomic mass is 32.1. The van der Waals surface area contributed by atoms with E-state index in [-0.39, 0.29) is 18.4 Å². The van der Waals surface area contributed by atoms with Crippen LogP contribution in [0, 0.1) is 12.3 Å². The lowest BCUT2D eigenvalue weighted by molar-refractivity contribution is -0.146. The molecule has 158 valence electrons. The van der Waals surface area contributed by atoms with Gasteiger partial charge in [-0.3, -0.25) is 9.59 Å². The highest BCUT2D eigenvalue weighted by Crippen LogP contribution is 2.20. The Morgan fingerprint density at radius 2 is 1.69 bits per heavy atom. The van der Waals surface area contributed by atoms with Gasteiger partial charge < -0.3 is 14.5 Å². The number of rotatable bonds is 9. The molecule has 6 heteroatoms. The number of carbonyl (C=O) groups excluding carboxylic acids is 2. The molecule has 1 heterocycles. The van der Waals surface area contributed by atoms with E-state index in [0.717, 1.165) is 10.4 Å². The molecule has 2 aromatic rings. The van der Waals surface area contributed by atoms with E-state index in [2.05, 4.69) is 19.1 Å². The minimum Gasteiger partial charge on any atom is -0.383 e. The quantitative estimate of drug-likeness (QED) is 0.618.